The van der Waals surface area contributed by atoms with E-state index in [0.29, 0.717) is 23.2 Å². The van der Waals surface area contributed by atoms with Crippen LogP contribution in [0.3, 0.4) is 0 Å². The molecule has 2 N–H and O–H groups in total. The SMILES string of the molecule is [C-]#[N+]c1c(-c2ccc(Oc3ccccc3)cc2)nn(C2CCC(N3CCN(C)CC3)CC2)c1N. The van der Waals surface area contributed by atoms with Crippen molar-refractivity contribution < 1.29 is 4.74 Å². The van der Waals surface area contributed by atoms with Gasteiger partial charge in [-0.15, -0.1) is 0 Å². The zero-order chi connectivity index (χ0) is 23.5. The molecule has 0 amide bonds. The zero-order valence-electron chi connectivity index (χ0n) is 19.7. The van der Waals surface area contributed by atoms with E-state index in [4.69, 9.17) is 22.1 Å². The average molecular weight is 457 g/mol. The zero-order valence-corrected chi connectivity index (χ0v) is 19.7. The number of hydrogen-bond acceptors (Lipinski definition) is 5. The van der Waals surface area contributed by atoms with Gasteiger partial charge in [-0.25, -0.2) is 4.85 Å². The van der Waals surface area contributed by atoms with Crippen LogP contribution in [0.5, 0.6) is 11.5 Å². The predicted molar refractivity (Wildman–Crippen MR) is 135 cm³/mol. The molecule has 0 unspecified atom stereocenters. The maximum absolute atomic E-state index is 7.73. The maximum Gasteiger partial charge on any atom is 0.254 e. The van der Waals surface area contributed by atoms with Crippen molar-refractivity contribution in [1.29, 1.82) is 0 Å². The number of rotatable bonds is 5. The summed E-state index contributed by atoms with van der Waals surface area (Å²) in [5.41, 5.74) is 8.43. The number of ether oxygens (including phenoxy) is 1. The van der Waals surface area contributed by atoms with Crippen LogP contribution in [0.4, 0.5) is 11.5 Å². The summed E-state index contributed by atoms with van der Waals surface area (Å²) in [5.74, 6) is 2.02. The van der Waals surface area contributed by atoms with Crippen molar-refractivity contribution in [3.63, 3.8) is 0 Å². The first-order chi connectivity index (χ1) is 16.6. The topological polar surface area (TPSA) is 63.9 Å². The fourth-order valence-electron chi connectivity index (χ4n) is 5.18. The number of para-hydroxylation sites is 1. The van der Waals surface area contributed by atoms with E-state index in [0.717, 1.165) is 68.9 Å². The lowest BCUT2D eigenvalue weighted by molar-refractivity contribution is 0.0813. The third-order valence-corrected chi connectivity index (χ3v) is 7.21. The quantitative estimate of drug-likeness (QED) is 0.534. The highest BCUT2D eigenvalue weighted by atomic mass is 16.5. The van der Waals surface area contributed by atoms with Crippen LogP contribution in [0.15, 0.2) is 54.6 Å². The first-order valence-corrected chi connectivity index (χ1v) is 12.1. The van der Waals surface area contributed by atoms with Gasteiger partial charge in [-0.05, 0) is 62.6 Å². The molecule has 1 aromatic heterocycles. The van der Waals surface area contributed by atoms with E-state index in [1.807, 2.05) is 59.3 Å². The first-order valence-electron chi connectivity index (χ1n) is 12.1. The highest BCUT2D eigenvalue weighted by Crippen LogP contribution is 2.40. The Morgan fingerprint density at radius 3 is 2.15 bits per heavy atom. The van der Waals surface area contributed by atoms with Gasteiger partial charge in [0.25, 0.3) is 5.69 Å². The molecular formula is C27H32N6O. The van der Waals surface area contributed by atoms with Gasteiger partial charge in [0.15, 0.2) is 0 Å². The van der Waals surface area contributed by atoms with Crippen molar-refractivity contribution in [2.24, 2.45) is 0 Å². The fourth-order valence-corrected chi connectivity index (χ4v) is 5.18. The van der Waals surface area contributed by atoms with E-state index >= 15 is 0 Å². The first kappa shape index (κ1) is 22.5. The van der Waals surface area contributed by atoms with Gasteiger partial charge in [-0.2, -0.15) is 5.10 Å². The summed E-state index contributed by atoms with van der Waals surface area (Å²) in [7, 11) is 2.20. The van der Waals surface area contributed by atoms with Gasteiger partial charge in [-0.1, -0.05) is 30.3 Å². The van der Waals surface area contributed by atoms with Crippen molar-refractivity contribution in [2.45, 2.75) is 37.8 Å². The predicted octanol–water partition coefficient (Wildman–Crippen LogP) is 5.21. The van der Waals surface area contributed by atoms with Crippen molar-refractivity contribution in [2.75, 3.05) is 39.0 Å². The summed E-state index contributed by atoms with van der Waals surface area (Å²) >= 11 is 0. The molecular weight excluding hydrogens is 424 g/mol. The second-order valence-corrected chi connectivity index (χ2v) is 9.38. The lowest BCUT2D eigenvalue weighted by Crippen LogP contribution is -2.49. The van der Waals surface area contributed by atoms with Crippen LogP contribution < -0.4 is 10.5 Å². The van der Waals surface area contributed by atoms with Gasteiger partial charge in [0.2, 0.25) is 0 Å². The number of anilines is 1. The molecule has 1 aliphatic carbocycles. The van der Waals surface area contributed by atoms with Gasteiger partial charge in [0, 0.05) is 32.2 Å². The lowest BCUT2D eigenvalue weighted by Gasteiger charge is -2.41. The minimum Gasteiger partial charge on any atom is -0.457 e. The Morgan fingerprint density at radius 2 is 1.50 bits per heavy atom. The minimum atomic E-state index is 0.249. The summed E-state index contributed by atoms with van der Waals surface area (Å²) in [6.45, 7) is 12.4. The van der Waals surface area contributed by atoms with Gasteiger partial charge >= 0.3 is 0 Å². The third kappa shape index (κ3) is 4.65. The van der Waals surface area contributed by atoms with E-state index in [1.54, 1.807) is 0 Å². The van der Waals surface area contributed by atoms with Gasteiger partial charge in [-0.3, -0.25) is 9.58 Å². The van der Waals surface area contributed by atoms with Crippen LogP contribution in [-0.4, -0.2) is 58.8 Å². The summed E-state index contributed by atoms with van der Waals surface area (Å²) in [6, 6.07) is 18.3. The van der Waals surface area contributed by atoms with Crippen LogP contribution in [0.1, 0.15) is 31.7 Å². The number of hydrogen-bond donors (Lipinski definition) is 1. The molecule has 7 nitrogen and oxygen atoms in total. The van der Waals surface area contributed by atoms with E-state index in [1.165, 1.54) is 0 Å². The number of aromatic nitrogens is 2. The molecule has 5 rings (SSSR count). The molecule has 3 aromatic rings. The Morgan fingerprint density at radius 1 is 0.882 bits per heavy atom. The molecule has 2 aliphatic rings. The molecule has 1 aliphatic heterocycles. The molecule has 2 fully saturated rings. The molecule has 2 heterocycles. The van der Waals surface area contributed by atoms with Gasteiger partial charge in [0.05, 0.1) is 12.6 Å². The van der Waals surface area contributed by atoms with Crippen LogP contribution in [-0.2, 0) is 0 Å². The van der Waals surface area contributed by atoms with Crippen molar-refractivity contribution >= 4 is 11.5 Å². The Hall–Kier alpha value is -3.34. The fraction of sp³-hybridized carbons (Fsp3) is 0.407. The molecule has 0 bridgehead atoms. The van der Waals surface area contributed by atoms with E-state index in [-0.39, 0.29) is 6.04 Å². The molecule has 0 spiro atoms. The second-order valence-electron chi connectivity index (χ2n) is 9.38. The molecule has 0 atom stereocenters. The summed E-state index contributed by atoms with van der Waals surface area (Å²) in [4.78, 5) is 8.80. The monoisotopic (exact) mass is 456 g/mol. The van der Waals surface area contributed by atoms with Gasteiger partial charge < -0.3 is 15.4 Å². The van der Waals surface area contributed by atoms with Crippen molar-refractivity contribution in [1.82, 2.24) is 19.6 Å². The standard InChI is InChI=1S/C27H32N6O/c1-29-26-25(20-8-14-24(15-9-20)34-23-6-4-3-5-7-23)30-33(27(26)28)22-12-10-21(11-13-22)32-18-16-31(2)17-19-32/h3-9,14-15,21-22H,10-13,16-19,28H2,2H3. The van der Waals surface area contributed by atoms with Crippen molar-refractivity contribution in [3.8, 4) is 22.8 Å². The van der Waals surface area contributed by atoms with E-state index in [2.05, 4.69) is 21.7 Å². The normalized spacial score (nSPS) is 21.8. The Kier molecular flexibility index (Phi) is 6.52. The highest BCUT2D eigenvalue weighted by Gasteiger charge is 2.30. The summed E-state index contributed by atoms with van der Waals surface area (Å²) in [6.07, 6.45) is 4.40. The van der Waals surface area contributed by atoms with E-state index < -0.39 is 0 Å². The van der Waals surface area contributed by atoms with Crippen LogP contribution >= 0.6 is 0 Å². The number of nitrogens with zero attached hydrogens (tertiary/aromatic N) is 5. The number of benzene rings is 2. The Labute approximate surface area is 201 Å². The smallest absolute Gasteiger partial charge is 0.254 e. The largest absolute Gasteiger partial charge is 0.457 e. The molecule has 7 heteroatoms. The molecule has 1 saturated carbocycles. The highest BCUT2D eigenvalue weighted by molar-refractivity contribution is 5.83. The Balaban J connectivity index is 1.29. The molecule has 0 radical (unpaired) electrons. The lowest BCUT2D eigenvalue weighted by atomic mass is 9.90. The number of nitrogen functional groups attached to an aromatic ring is 1. The van der Waals surface area contributed by atoms with Crippen LogP contribution in [0, 0.1) is 6.57 Å². The molecule has 1 saturated heterocycles. The summed E-state index contributed by atoms with van der Waals surface area (Å²) < 4.78 is 7.81. The molecule has 34 heavy (non-hydrogen) atoms. The van der Waals surface area contributed by atoms with Crippen LogP contribution in [0.2, 0.25) is 0 Å². The number of likely N-dealkylation sites (N-methyl/N-ethyl adjacent to an activating group) is 1. The summed E-state index contributed by atoms with van der Waals surface area (Å²) in [5, 5.41) is 4.85. The Bertz CT molecular complexity index is 1130. The third-order valence-electron chi connectivity index (χ3n) is 7.21. The second kappa shape index (κ2) is 9.88. The molecule has 2 aromatic carbocycles. The minimum absolute atomic E-state index is 0.249. The maximum atomic E-state index is 7.73. The average Bonchev–Trinajstić information content (AvgIpc) is 3.22. The van der Waals surface area contributed by atoms with Crippen LogP contribution in [0.25, 0.3) is 16.1 Å². The number of piperazine rings is 1. The number of nitrogens with two attached hydrogens (primary N) is 1. The van der Waals surface area contributed by atoms with E-state index in [9.17, 15) is 0 Å². The molecule has 176 valence electrons. The van der Waals surface area contributed by atoms with Gasteiger partial charge in [0.1, 0.15) is 23.0 Å². The van der Waals surface area contributed by atoms with Crippen molar-refractivity contribution in [3.05, 3.63) is 66.0 Å².